The zero-order chi connectivity index (χ0) is 18.0. The van der Waals surface area contributed by atoms with Crippen LogP contribution in [0.15, 0.2) is 36.4 Å². The van der Waals surface area contributed by atoms with Crippen LogP contribution >= 0.6 is 34.5 Å². The lowest BCUT2D eigenvalue weighted by atomic mass is 10.2. The minimum absolute atomic E-state index is 0.169. The number of nitrogens with one attached hydrogen (secondary N) is 1. The molecule has 0 fully saturated rings. The van der Waals surface area contributed by atoms with Crippen LogP contribution in [0.5, 0.6) is 0 Å². The number of carbonyl (C=O) groups excluding carboxylic acids is 1. The van der Waals surface area contributed by atoms with Gasteiger partial charge in [0.15, 0.2) is 0 Å². The van der Waals surface area contributed by atoms with Crippen LogP contribution in [0.4, 0.5) is 5.69 Å². The monoisotopic (exact) mass is 393 g/mol. The summed E-state index contributed by atoms with van der Waals surface area (Å²) in [6.45, 7) is 2.69. The average molecular weight is 394 g/mol. The number of amides is 1. The molecule has 0 bridgehead atoms. The summed E-state index contributed by atoms with van der Waals surface area (Å²) in [5.41, 5.74) is 2.31. The van der Waals surface area contributed by atoms with Gasteiger partial charge in [-0.15, -0.1) is 11.3 Å². The van der Waals surface area contributed by atoms with Crippen LogP contribution in [-0.4, -0.2) is 29.4 Å². The van der Waals surface area contributed by atoms with Gasteiger partial charge in [-0.2, -0.15) is 0 Å². The average Bonchev–Trinajstić information content (AvgIpc) is 2.97. The Labute approximate surface area is 160 Å². The summed E-state index contributed by atoms with van der Waals surface area (Å²) in [7, 11) is 1.88. The van der Waals surface area contributed by atoms with Crippen LogP contribution in [0.1, 0.15) is 10.6 Å². The van der Waals surface area contributed by atoms with Crippen molar-refractivity contribution in [2.24, 2.45) is 0 Å². The van der Waals surface area contributed by atoms with Crippen molar-refractivity contribution in [1.82, 2.24) is 9.88 Å². The summed E-state index contributed by atoms with van der Waals surface area (Å²) < 4.78 is 1.15. The lowest BCUT2D eigenvalue weighted by molar-refractivity contribution is -0.117. The quantitative estimate of drug-likeness (QED) is 0.664. The number of anilines is 1. The topological polar surface area (TPSA) is 45.2 Å². The molecule has 0 unspecified atom stereocenters. The van der Waals surface area contributed by atoms with Crippen LogP contribution in [0.25, 0.3) is 10.2 Å². The highest BCUT2D eigenvalue weighted by atomic mass is 35.5. The molecular formula is C18H17Cl2N3OS. The lowest BCUT2D eigenvalue weighted by Gasteiger charge is -2.16. The Balaban J connectivity index is 1.64. The number of likely N-dealkylation sites (N-methyl/N-ethyl adjacent to an activating group) is 1. The van der Waals surface area contributed by atoms with Gasteiger partial charge in [-0.25, -0.2) is 4.98 Å². The first-order valence-corrected chi connectivity index (χ1v) is 9.28. The van der Waals surface area contributed by atoms with Gasteiger partial charge in [0, 0.05) is 0 Å². The summed E-state index contributed by atoms with van der Waals surface area (Å²) in [6, 6.07) is 11.5. The molecule has 25 heavy (non-hydrogen) atoms. The van der Waals surface area contributed by atoms with Gasteiger partial charge in [0.1, 0.15) is 5.01 Å². The Morgan fingerprint density at radius 2 is 2.00 bits per heavy atom. The highest BCUT2D eigenvalue weighted by Gasteiger charge is 2.14. The minimum Gasteiger partial charge on any atom is -0.322 e. The number of rotatable bonds is 5. The summed E-state index contributed by atoms with van der Waals surface area (Å²) in [5, 5.41) is 4.67. The standard InChI is InChI=1S/C18H17Cl2N3OS/c1-11-7-8-12(19)18(17(11)20)22-15(24)9-23(2)10-16-21-13-5-3-4-6-14(13)25-16/h3-8H,9-10H2,1-2H3,(H,22,24). The van der Waals surface area contributed by atoms with E-state index in [0.717, 1.165) is 20.8 Å². The molecule has 3 rings (SSSR count). The van der Waals surface area contributed by atoms with Crippen LogP contribution in [-0.2, 0) is 11.3 Å². The second kappa shape index (κ2) is 7.70. The second-order valence-electron chi connectivity index (χ2n) is 5.85. The summed E-state index contributed by atoms with van der Waals surface area (Å²) in [6.07, 6.45) is 0. The van der Waals surface area contributed by atoms with Gasteiger partial charge in [0.05, 0.1) is 39.0 Å². The van der Waals surface area contributed by atoms with E-state index in [-0.39, 0.29) is 12.5 Å². The molecule has 0 atom stereocenters. The molecule has 0 aliphatic heterocycles. The van der Waals surface area contributed by atoms with E-state index in [1.54, 1.807) is 17.4 Å². The Kier molecular flexibility index (Phi) is 5.59. The number of carbonyl (C=O) groups is 1. The molecule has 1 aromatic heterocycles. The van der Waals surface area contributed by atoms with E-state index in [2.05, 4.69) is 10.3 Å². The van der Waals surface area contributed by atoms with E-state index in [0.29, 0.717) is 22.3 Å². The van der Waals surface area contributed by atoms with Gasteiger partial charge in [-0.3, -0.25) is 9.69 Å². The first-order valence-electron chi connectivity index (χ1n) is 7.71. The molecule has 1 amide bonds. The maximum Gasteiger partial charge on any atom is 0.238 e. The normalized spacial score (nSPS) is 11.2. The smallest absolute Gasteiger partial charge is 0.238 e. The summed E-state index contributed by atoms with van der Waals surface area (Å²) >= 11 is 14.0. The van der Waals surface area contributed by atoms with Gasteiger partial charge in [0.25, 0.3) is 0 Å². The molecule has 0 aliphatic carbocycles. The van der Waals surface area contributed by atoms with Crippen LogP contribution in [0.2, 0.25) is 10.0 Å². The third-order valence-electron chi connectivity index (χ3n) is 3.71. The van der Waals surface area contributed by atoms with Crippen molar-refractivity contribution in [3.05, 3.63) is 57.0 Å². The number of para-hydroxylation sites is 1. The van der Waals surface area contributed by atoms with Crippen molar-refractivity contribution in [3.8, 4) is 0 Å². The predicted molar refractivity (Wildman–Crippen MR) is 106 cm³/mol. The van der Waals surface area contributed by atoms with E-state index < -0.39 is 0 Å². The Morgan fingerprint density at radius 3 is 2.76 bits per heavy atom. The van der Waals surface area contributed by atoms with Crippen molar-refractivity contribution in [2.75, 3.05) is 18.9 Å². The maximum absolute atomic E-state index is 12.3. The van der Waals surface area contributed by atoms with Crippen molar-refractivity contribution in [1.29, 1.82) is 0 Å². The molecule has 1 heterocycles. The number of hydrogen-bond donors (Lipinski definition) is 1. The number of nitrogens with zero attached hydrogens (tertiary/aromatic N) is 2. The van der Waals surface area contributed by atoms with Crippen LogP contribution < -0.4 is 5.32 Å². The summed E-state index contributed by atoms with van der Waals surface area (Å²) in [5.74, 6) is -0.169. The first-order chi connectivity index (χ1) is 11.9. The van der Waals surface area contributed by atoms with Crippen LogP contribution in [0.3, 0.4) is 0 Å². The molecule has 0 aliphatic rings. The number of aryl methyl sites for hydroxylation is 1. The fraction of sp³-hybridized carbons (Fsp3) is 0.222. The van der Waals surface area contributed by atoms with Crippen molar-refractivity contribution >= 4 is 56.3 Å². The molecule has 130 valence electrons. The molecule has 4 nitrogen and oxygen atoms in total. The number of aromatic nitrogens is 1. The van der Waals surface area contributed by atoms with Crippen molar-refractivity contribution in [2.45, 2.75) is 13.5 Å². The highest BCUT2D eigenvalue weighted by molar-refractivity contribution is 7.18. The molecule has 7 heteroatoms. The molecule has 0 spiro atoms. The number of fused-ring (bicyclic) bond motifs is 1. The Bertz CT molecular complexity index is 893. The third kappa shape index (κ3) is 4.30. The predicted octanol–water partition coefficient (Wildman–Crippen LogP) is 4.98. The Hall–Kier alpha value is -1.66. The van der Waals surface area contributed by atoms with E-state index in [9.17, 15) is 4.79 Å². The zero-order valence-corrected chi connectivity index (χ0v) is 16.2. The second-order valence-corrected chi connectivity index (χ2v) is 7.75. The fourth-order valence-electron chi connectivity index (χ4n) is 2.47. The van der Waals surface area contributed by atoms with E-state index in [1.807, 2.05) is 49.2 Å². The fourth-order valence-corrected chi connectivity index (χ4v) is 3.98. The van der Waals surface area contributed by atoms with Gasteiger partial charge >= 0.3 is 0 Å². The molecule has 3 aromatic rings. The van der Waals surface area contributed by atoms with Gasteiger partial charge < -0.3 is 5.32 Å². The number of benzene rings is 2. The SMILES string of the molecule is Cc1ccc(Cl)c(NC(=O)CN(C)Cc2nc3ccccc3s2)c1Cl. The maximum atomic E-state index is 12.3. The van der Waals surface area contributed by atoms with Gasteiger partial charge in [-0.1, -0.05) is 41.4 Å². The summed E-state index contributed by atoms with van der Waals surface area (Å²) in [4.78, 5) is 18.8. The molecule has 1 N–H and O–H groups in total. The van der Waals surface area contributed by atoms with Gasteiger partial charge in [0.2, 0.25) is 5.91 Å². The van der Waals surface area contributed by atoms with Crippen molar-refractivity contribution in [3.63, 3.8) is 0 Å². The molecule has 2 aromatic carbocycles. The number of hydrogen-bond acceptors (Lipinski definition) is 4. The van der Waals surface area contributed by atoms with E-state index in [1.165, 1.54) is 0 Å². The van der Waals surface area contributed by atoms with Crippen molar-refractivity contribution < 1.29 is 4.79 Å². The molecule has 0 saturated heterocycles. The zero-order valence-electron chi connectivity index (χ0n) is 13.8. The molecule has 0 saturated carbocycles. The molecule has 0 radical (unpaired) electrons. The number of halogens is 2. The third-order valence-corrected chi connectivity index (χ3v) is 5.53. The Morgan fingerprint density at radius 1 is 1.24 bits per heavy atom. The highest BCUT2D eigenvalue weighted by Crippen LogP contribution is 2.32. The lowest BCUT2D eigenvalue weighted by Crippen LogP contribution is -2.30. The largest absolute Gasteiger partial charge is 0.322 e. The first kappa shape index (κ1) is 18.1. The van der Waals surface area contributed by atoms with Gasteiger partial charge in [-0.05, 0) is 37.7 Å². The van der Waals surface area contributed by atoms with Crippen LogP contribution in [0, 0.1) is 6.92 Å². The minimum atomic E-state index is -0.169. The van der Waals surface area contributed by atoms with E-state index in [4.69, 9.17) is 23.2 Å². The number of thiazole rings is 1. The van der Waals surface area contributed by atoms with E-state index >= 15 is 0 Å². The molecular weight excluding hydrogens is 377 g/mol.